The molecule has 5 rings (SSSR count). The van der Waals surface area contributed by atoms with Gasteiger partial charge >= 0.3 is 0 Å². The summed E-state index contributed by atoms with van der Waals surface area (Å²) in [5, 5.41) is 24.1. The van der Waals surface area contributed by atoms with Gasteiger partial charge in [-0.15, -0.1) is 0 Å². The molecule has 0 unspecified atom stereocenters. The highest BCUT2D eigenvalue weighted by Crippen LogP contribution is 2.45. The van der Waals surface area contributed by atoms with Gasteiger partial charge in [-0.25, -0.2) is 13.8 Å². The van der Waals surface area contributed by atoms with Crippen molar-refractivity contribution in [2.24, 2.45) is 4.99 Å². The number of fused-ring (bicyclic) bond motifs is 1. The Kier molecular flexibility index (Phi) is 5.35. The second-order valence-electron chi connectivity index (χ2n) is 8.13. The molecule has 1 aliphatic heterocycles. The van der Waals surface area contributed by atoms with Crippen molar-refractivity contribution in [1.82, 2.24) is 14.6 Å². The lowest BCUT2D eigenvalue weighted by atomic mass is 9.99. The third-order valence-electron chi connectivity index (χ3n) is 5.80. The minimum Gasteiger partial charge on any atom is -0.389 e. The van der Waals surface area contributed by atoms with E-state index in [1.165, 1.54) is 10.7 Å². The normalized spacial score (nSPS) is 21.1. The van der Waals surface area contributed by atoms with Crippen molar-refractivity contribution in [3.8, 4) is 6.07 Å². The highest BCUT2D eigenvalue weighted by atomic mass is 35.5. The molecule has 0 aromatic carbocycles. The molecule has 33 heavy (non-hydrogen) atoms. The maximum atomic E-state index is 13.7. The number of aliphatic hydroxyl groups is 1. The molecule has 0 bridgehead atoms. The lowest BCUT2D eigenvalue weighted by Crippen LogP contribution is -2.52. The molecule has 1 saturated carbocycles. The number of aliphatic hydroxyl groups excluding tert-OH is 1. The summed E-state index contributed by atoms with van der Waals surface area (Å²) in [7, 11) is 0. The van der Waals surface area contributed by atoms with Crippen molar-refractivity contribution in [1.29, 1.82) is 5.26 Å². The molecule has 2 aromatic rings. The van der Waals surface area contributed by atoms with Crippen LogP contribution in [0.2, 0.25) is 0 Å². The number of anilines is 1. The Morgan fingerprint density at radius 1 is 1.33 bits per heavy atom. The van der Waals surface area contributed by atoms with Crippen LogP contribution in [0.25, 0.3) is 11.7 Å². The molecule has 3 heterocycles. The van der Waals surface area contributed by atoms with Crippen LogP contribution >= 0.6 is 11.6 Å². The van der Waals surface area contributed by atoms with Gasteiger partial charge < -0.3 is 10.0 Å². The first-order valence-electron chi connectivity index (χ1n) is 10.4. The van der Waals surface area contributed by atoms with Gasteiger partial charge in [-0.05, 0) is 31.1 Å². The van der Waals surface area contributed by atoms with Gasteiger partial charge in [0.1, 0.15) is 23.1 Å². The van der Waals surface area contributed by atoms with E-state index in [-0.39, 0.29) is 17.1 Å². The quantitative estimate of drug-likeness (QED) is 0.708. The first kappa shape index (κ1) is 21.5. The van der Waals surface area contributed by atoms with E-state index in [9.17, 15) is 19.1 Å². The monoisotopic (exact) mass is 468 g/mol. The molecule has 168 valence electrons. The summed E-state index contributed by atoms with van der Waals surface area (Å²) in [6.07, 6.45) is 6.94. The van der Waals surface area contributed by atoms with E-state index < -0.39 is 18.2 Å². The Balaban J connectivity index is 1.81. The van der Waals surface area contributed by atoms with E-state index >= 15 is 0 Å². The van der Waals surface area contributed by atoms with Crippen LogP contribution in [0.1, 0.15) is 47.7 Å². The van der Waals surface area contributed by atoms with E-state index in [0.29, 0.717) is 35.2 Å². The zero-order valence-corrected chi connectivity index (χ0v) is 18.2. The Bertz CT molecular complexity index is 1320. The predicted octanol–water partition coefficient (Wildman–Crippen LogP) is 4.26. The van der Waals surface area contributed by atoms with Gasteiger partial charge in [0.15, 0.2) is 5.65 Å². The minimum absolute atomic E-state index is 0.107. The van der Waals surface area contributed by atoms with Gasteiger partial charge in [0.2, 0.25) is 0 Å². The summed E-state index contributed by atoms with van der Waals surface area (Å²) in [5.74, 6) is 0.671. The number of nitrogens with zero attached hydrogens (tertiary/aromatic N) is 6. The molecule has 1 saturated heterocycles. The second kappa shape index (κ2) is 8.21. The Morgan fingerprint density at radius 2 is 2.09 bits per heavy atom. The predicted molar refractivity (Wildman–Crippen MR) is 122 cm³/mol. The number of rotatable bonds is 5. The molecule has 0 atom stereocenters. The van der Waals surface area contributed by atoms with Gasteiger partial charge in [-0.1, -0.05) is 24.3 Å². The van der Waals surface area contributed by atoms with Crippen molar-refractivity contribution < 1.29 is 13.9 Å². The molecule has 2 aliphatic carbocycles. The van der Waals surface area contributed by atoms with Crippen LogP contribution in [0.4, 0.5) is 14.6 Å². The summed E-state index contributed by atoms with van der Waals surface area (Å²) in [4.78, 5) is 10.8. The highest BCUT2D eigenvalue weighted by molar-refractivity contribution is 6.35. The van der Waals surface area contributed by atoms with Crippen LogP contribution in [0.15, 0.2) is 46.6 Å². The molecule has 1 N–H and O–H groups in total. The number of aliphatic imine (C=N–C) groups is 1. The summed E-state index contributed by atoms with van der Waals surface area (Å²) >= 11 is 6.15. The number of aromatic nitrogens is 3. The first-order valence-corrected chi connectivity index (χ1v) is 10.8. The average molecular weight is 469 g/mol. The van der Waals surface area contributed by atoms with E-state index in [4.69, 9.17) is 11.6 Å². The number of nitriles is 1. The van der Waals surface area contributed by atoms with E-state index in [1.54, 1.807) is 12.2 Å². The lowest BCUT2D eigenvalue weighted by Gasteiger charge is -2.38. The summed E-state index contributed by atoms with van der Waals surface area (Å²) in [6.45, 7) is 4.30. The van der Waals surface area contributed by atoms with Crippen LogP contribution in [0.5, 0.6) is 0 Å². The molecule has 2 fully saturated rings. The van der Waals surface area contributed by atoms with E-state index in [2.05, 4.69) is 21.7 Å². The fourth-order valence-corrected chi connectivity index (χ4v) is 4.25. The van der Waals surface area contributed by atoms with E-state index in [1.807, 2.05) is 23.1 Å². The smallest absolute Gasteiger partial charge is 0.283 e. The molecule has 3 aliphatic rings. The number of halogens is 3. The van der Waals surface area contributed by atoms with Gasteiger partial charge in [-0.3, -0.25) is 4.99 Å². The van der Waals surface area contributed by atoms with Gasteiger partial charge in [-0.2, -0.15) is 14.9 Å². The molecule has 0 spiro atoms. The van der Waals surface area contributed by atoms with Crippen LogP contribution in [0.3, 0.4) is 0 Å². The maximum absolute atomic E-state index is 13.7. The largest absolute Gasteiger partial charge is 0.389 e. The number of allylic oxidation sites excluding steroid dienone is 5. The molecule has 10 heteroatoms. The molecular weight excluding hydrogens is 450 g/mol. The van der Waals surface area contributed by atoms with Crippen LogP contribution < -0.4 is 4.90 Å². The van der Waals surface area contributed by atoms with Gasteiger partial charge in [0.25, 0.3) is 6.43 Å². The first-order chi connectivity index (χ1) is 15.9. The number of hydrogen-bond donors (Lipinski definition) is 1. The van der Waals surface area contributed by atoms with Crippen LogP contribution in [-0.2, 0) is 0 Å². The van der Waals surface area contributed by atoms with Crippen molar-refractivity contribution in [3.63, 3.8) is 0 Å². The number of hydrogen-bond acceptors (Lipinski definition) is 6. The SMILES string of the molecule is C=CN=C1C=C(Cl)C=C/C1=C\c1c(C2CC2)nc2c(C#N)c(C(F)F)nn2c1N1CC(O)C1. The number of β-amino-alcohol motifs (C(OH)–C–C–N with tert-alkyl or cyclic N) is 1. The van der Waals surface area contributed by atoms with Crippen molar-refractivity contribution >= 4 is 34.9 Å². The zero-order valence-electron chi connectivity index (χ0n) is 17.4. The summed E-state index contributed by atoms with van der Waals surface area (Å²) in [5.41, 5.74) is 2.04. The van der Waals surface area contributed by atoms with Crippen LogP contribution in [-0.4, -0.2) is 44.6 Å². The Morgan fingerprint density at radius 3 is 2.70 bits per heavy atom. The van der Waals surface area contributed by atoms with Crippen LogP contribution in [0, 0.1) is 11.3 Å². The third kappa shape index (κ3) is 3.75. The zero-order chi connectivity index (χ0) is 23.3. The molecule has 0 radical (unpaired) electrons. The molecule has 2 aromatic heterocycles. The van der Waals surface area contributed by atoms with Gasteiger partial charge in [0, 0.05) is 41.4 Å². The second-order valence-corrected chi connectivity index (χ2v) is 8.57. The molecule has 7 nitrogen and oxygen atoms in total. The maximum Gasteiger partial charge on any atom is 0.283 e. The van der Waals surface area contributed by atoms with Crippen molar-refractivity contribution in [3.05, 3.63) is 64.1 Å². The van der Waals surface area contributed by atoms with Crippen molar-refractivity contribution in [2.75, 3.05) is 18.0 Å². The fraction of sp³-hybridized carbons (Fsp3) is 0.304. The fourth-order valence-electron chi connectivity index (χ4n) is 4.08. The van der Waals surface area contributed by atoms with E-state index in [0.717, 1.165) is 24.1 Å². The lowest BCUT2D eigenvalue weighted by molar-refractivity contribution is 0.139. The standard InChI is InChI=1S/C23H19ClF2N6O/c1-2-28-18-8-14(24)6-5-13(18)7-16-19(12-3-4-12)29-22-17(9-27)20(21(25)26)30-32(22)23(16)31-10-15(33)11-31/h2,5-8,12,15,21,33H,1,3-4,10-11H2/b13-7+,28-18?. The Hall–Kier alpha value is -3.35. The minimum atomic E-state index is -2.91. The Labute approximate surface area is 193 Å². The summed E-state index contributed by atoms with van der Waals surface area (Å²) in [6, 6.07) is 1.85. The average Bonchev–Trinajstić information content (AvgIpc) is 3.53. The highest BCUT2D eigenvalue weighted by Gasteiger charge is 2.36. The van der Waals surface area contributed by atoms with Crippen molar-refractivity contribution in [2.45, 2.75) is 31.3 Å². The molecular formula is C23H19ClF2N6O. The molecule has 0 amide bonds. The number of alkyl halides is 2. The third-order valence-corrected chi connectivity index (χ3v) is 6.03. The summed E-state index contributed by atoms with van der Waals surface area (Å²) < 4.78 is 28.7. The van der Waals surface area contributed by atoms with Gasteiger partial charge in [0.05, 0.1) is 17.5 Å². The topological polar surface area (TPSA) is 89.8 Å².